The van der Waals surface area contributed by atoms with Crippen LogP contribution in [0.5, 0.6) is 0 Å². The highest BCUT2D eigenvalue weighted by atomic mass is 35.5. The largest absolute Gasteiger partial charge is 0.393 e. The molecule has 2 aliphatic rings. The van der Waals surface area contributed by atoms with Crippen molar-refractivity contribution in [3.63, 3.8) is 0 Å². The van der Waals surface area contributed by atoms with E-state index in [0.29, 0.717) is 43.7 Å². The van der Waals surface area contributed by atoms with Gasteiger partial charge < -0.3 is 15.3 Å². The van der Waals surface area contributed by atoms with Crippen molar-refractivity contribution in [2.75, 3.05) is 23.3 Å². The summed E-state index contributed by atoms with van der Waals surface area (Å²) >= 11 is 0. The van der Waals surface area contributed by atoms with E-state index in [2.05, 4.69) is 10.6 Å². The van der Waals surface area contributed by atoms with Crippen molar-refractivity contribution >= 4 is 35.6 Å². The minimum atomic E-state index is -0.525. The molecule has 24 heavy (non-hydrogen) atoms. The van der Waals surface area contributed by atoms with E-state index in [4.69, 9.17) is 0 Å². The summed E-state index contributed by atoms with van der Waals surface area (Å²) in [6, 6.07) is 4.25. The molecule has 1 unspecified atom stereocenters. The van der Waals surface area contributed by atoms with Crippen LogP contribution in [0.4, 0.5) is 15.8 Å². The first kappa shape index (κ1) is 18.5. The van der Waals surface area contributed by atoms with Gasteiger partial charge in [0.25, 0.3) is 0 Å². The van der Waals surface area contributed by atoms with Gasteiger partial charge in [0.05, 0.1) is 11.8 Å². The number of hydrogen-bond donors (Lipinski definition) is 3. The number of nitrogens with one attached hydrogen (secondary N) is 2. The molecule has 3 rings (SSSR count). The van der Waals surface area contributed by atoms with E-state index in [1.807, 2.05) is 4.90 Å². The number of nitrogens with zero attached hydrogens (tertiary/aromatic N) is 1. The number of amides is 2. The molecule has 2 heterocycles. The molecule has 2 amide bonds. The number of carbonyl (C=O) groups excluding carboxylic acids is 2. The maximum atomic E-state index is 14.3. The third-order valence-electron chi connectivity index (χ3n) is 4.33. The average molecular weight is 358 g/mol. The molecular weight excluding hydrogens is 337 g/mol. The Hall–Kier alpha value is -1.86. The van der Waals surface area contributed by atoms with Crippen molar-refractivity contribution in [3.8, 4) is 0 Å². The fourth-order valence-corrected chi connectivity index (χ4v) is 2.99. The van der Waals surface area contributed by atoms with Gasteiger partial charge in [0, 0.05) is 25.2 Å². The Balaban J connectivity index is 0.00000208. The number of aliphatic hydroxyl groups excluding tert-OH is 1. The van der Waals surface area contributed by atoms with Crippen molar-refractivity contribution in [3.05, 3.63) is 24.0 Å². The van der Waals surface area contributed by atoms with Crippen LogP contribution >= 0.6 is 12.4 Å². The molecule has 0 bridgehead atoms. The zero-order valence-corrected chi connectivity index (χ0v) is 13.9. The van der Waals surface area contributed by atoms with Gasteiger partial charge in [-0.1, -0.05) is 0 Å². The lowest BCUT2D eigenvalue weighted by Crippen LogP contribution is -2.47. The molecule has 1 aromatic carbocycles. The van der Waals surface area contributed by atoms with Gasteiger partial charge >= 0.3 is 0 Å². The van der Waals surface area contributed by atoms with Crippen molar-refractivity contribution in [2.24, 2.45) is 0 Å². The first-order chi connectivity index (χ1) is 11.0. The molecule has 0 saturated carbocycles. The van der Waals surface area contributed by atoms with Gasteiger partial charge in [-0.15, -0.1) is 12.4 Å². The highest BCUT2D eigenvalue weighted by Gasteiger charge is 2.26. The Bertz CT molecular complexity index is 621. The summed E-state index contributed by atoms with van der Waals surface area (Å²) in [7, 11) is 0. The van der Waals surface area contributed by atoms with Crippen LogP contribution in [0.1, 0.15) is 25.7 Å². The van der Waals surface area contributed by atoms with Gasteiger partial charge in [0.2, 0.25) is 11.8 Å². The van der Waals surface area contributed by atoms with Gasteiger partial charge in [-0.3, -0.25) is 14.9 Å². The van der Waals surface area contributed by atoms with Gasteiger partial charge in [-0.05, 0) is 37.5 Å². The molecule has 3 N–H and O–H groups in total. The van der Waals surface area contributed by atoms with E-state index < -0.39 is 6.04 Å². The Morgan fingerprint density at radius 2 is 1.92 bits per heavy atom. The van der Waals surface area contributed by atoms with Gasteiger partial charge in [-0.25, -0.2) is 4.39 Å². The maximum absolute atomic E-state index is 14.3. The van der Waals surface area contributed by atoms with Crippen molar-refractivity contribution < 1.29 is 19.1 Å². The Morgan fingerprint density at radius 3 is 2.54 bits per heavy atom. The van der Waals surface area contributed by atoms with Crippen molar-refractivity contribution in [2.45, 2.75) is 37.8 Å². The summed E-state index contributed by atoms with van der Waals surface area (Å²) in [4.78, 5) is 24.8. The molecule has 2 saturated heterocycles. The molecule has 6 nitrogen and oxygen atoms in total. The number of piperidine rings is 2. The van der Waals surface area contributed by atoms with E-state index in [-0.39, 0.29) is 42.6 Å². The van der Waals surface area contributed by atoms with E-state index in [0.717, 1.165) is 0 Å². The highest BCUT2D eigenvalue weighted by molar-refractivity contribution is 6.01. The first-order valence-corrected chi connectivity index (χ1v) is 7.86. The summed E-state index contributed by atoms with van der Waals surface area (Å²) in [5.41, 5.74) is 1.02. The van der Waals surface area contributed by atoms with Crippen LogP contribution < -0.4 is 15.5 Å². The molecule has 2 fully saturated rings. The molecule has 0 spiro atoms. The second kappa shape index (κ2) is 7.81. The molecule has 1 atom stereocenters. The second-order valence-corrected chi connectivity index (χ2v) is 6.03. The molecule has 1 aromatic rings. The number of carbonyl (C=O) groups is 2. The number of imide groups is 1. The van der Waals surface area contributed by atoms with E-state index in [9.17, 15) is 19.1 Å². The minimum Gasteiger partial charge on any atom is -0.393 e. The smallest absolute Gasteiger partial charge is 0.249 e. The monoisotopic (exact) mass is 357 g/mol. The van der Waals surface area contributed by atoms with Crippen LogP contribution in [-0.4, -0.2) is 42.2 Å². The summed E-state index contributed by atoms with van der Waals surface area (Å²) < 4.78 is 14.3. The molecule has 132 valence electrons. The first-order valence-electron chi connectivity index (χ1n) is 7.86. The average Bonchev–Trinajstić information content (AvgIpc) is 2.51. The summed E-state index contributed by atoms with van der Waals surface area (Å²) in [5, 5.41) is 14.8. The summed E-state index contributed by atoms with van der Waals surface area (Å²) in [6.45, 7) is 1.25. The molecule has 0 aliphatic carbocycles. The lowest BCUT2D eigenvalue weighted by Gasteiger charge is -2.32. The molecule has 2 aliphatic heterocycles. The van der Waals surface area contributed by atoms with E-state index in [1.54, 1.807) is 12.1 Å². The fraction of sp³-hybridized carbons (Fsp3) is 0.500. The third kappa shape index (κ3) is 4.15. The zero-order valence-electron chi connectivity index (χ0n) is 13.1. The minimum absolute atomic E-state index is 0. The van der Waals surface area contributed by atoms with Crippen LogP contribution in [0.15, 0.2) is 18.2 Å². The number of halogens is 2. The SMILES string of the molecule is Cl.O=C1CCC(Nc2ccc(N3CCC(O)CC3)c(F)c2)C(=O)N1. The second-order valence-electron chi connectivity index (χ2n) is 6.03. The predicted octanol–water partition coefficient (Wildman–Crippen LogP) is 1.43. The standard InChI is InChI=1S/C16H20FN3O3.ClH/c17-12-9-10(18-13-2-4-15(22)19-16(13)23)1-3-14(12)20-7-5-11(21)6-8-20;/h1,3,9,11,13,18,21H,2,4-8H2,(H,19,22,23);1H. The van der Waals surface area contributed by atoms with Crippen molar-refractivity contribution in [1.82, 2.24) is 5.32 Å². The number of rotatable bonds is 3. The van der Waals surface area contributed by atoms with E-state index >= 15 is 0 Å². The number of anilines is 2. The Morgan fingerprint density at radius 1 is 1.21 bits per heavy atom. The normalized spacial score (nSPS) is 21.9. The van der Waals surface area contributed by atoms with Gasteiger partial charge in [0.15, 0.2) is 0 Å². The summed E-state index contributed by atoms with van der Waals surface area (Å²) in [5.74, 6) is -1.02. The molecule has 0 radical (unpaired) electrons. The number of hydrogen-bond acceptors (Lipinski definition) is 5. The zero-order chi connectivity index (χ0) is 16.4. The maximum Gasteiger partial charge on any atom is 0.249 e. The van der Waals surface area contributed by atoms with Crippen LogP contribution in [-0.2, 0) is 9.59 Å². The molecule has 0 aromatic heterocycles. The summed E-state index contributed by atoms with van der Waals surface area (Å²) in [6.07, 6.45) is 1.64. The van der Waals surface area contributed by atoms with E-state index in [1.165, 1.54) is 6.07 Å². The van der Waals surface area contributed by atoms with Gasteiger partial charge in [-0.2, -0.15) is 0 Å². The predicted molar refractivity (Wildman–Crippen MR) is 90.9 cm³/mol. The Labute approximate surface area is 145 Å². The highest BCUT2D eigenvalue weighted by Crippen LogP contribution is 2.26. The third-order valence-corrected chi connectivity index (χ3v) is 4.33. The van der Waals surface area contributed by atoms with Crippen molar-refractivity contribution in [1.29, 1.82) is 0 Å². The van der Waals surface area contributed by atoms with Crippen LogP contribution in [0.25, 0.3) is 0 Å². The number of benzene rings is 1. The van der Waals surface area contributed by atoms with Gasteiger partial charge in [0.1, 0.15) is 11.9 Å². The number of aliphatic hydroxyl groups is 1. The lowest BCUT2D eigenvalue weighted by molar-refractivity contribution is -0.133. The van der Waals surface area contributed by atoms with Crippen LogP contribution in [0.3, 0.4) is 0 Å². The van der Waals surface area contributed by atoms with Crippen LogP contribution in [0.2, 0.25) is 0 Å². The fourth-order valence-electron chi connectivity index (χ4n) is 2.99. The Kier molecular flexibility index (Phi) is 6.01. The molecule has 8 heteroatoms. The van der Waals surface area contributed by atoms with Crippen LogP contribution in [0, 0.1) is 5.82 Å². The lowest BCUT2D eigenvalue weighted by atomic mass is 10.1. The topological polar surface area (TPSA) is 81.7 Å². The quantitative estimate of drug-likeness (QED) is 0.713. The molecular formula is C16H21ClFN3O3.